The molecule has 0 bridgehead atoms. The quantitative estimate of drug-likeness (QED) is 0.560. The fourth-order valence-corrected chi connectivity index (χ4v) is 2.27. The lowest BCUT2D eigenvalue weighted by atomic mass is 10.1. The van der Waals surface area contributed by atoms with E-state index < -0.39 is 10.0 Å². The molecule has 0 aromatic rings. The third-order valence-electron chi connectivity index (χ3n) is 2.24. The van der Waals surface area contributed by atoms with Crippen molar-refractivity contribution in [2.75, 3.05) is 18.8 Å². The first-order valence-corrected chi connectivity index (χ1v) is 7.45. The van der Waals surface area contributed by atoms with Gasteiger partial charge in [0.1, 0.15) is 0 Å². The molecule has 0 aromatic carbocycles. The first-order chi connectivity index (χ1) is 7.12. The van der Waals surface area contributed by atoms with Crippen molar-refractivity contribution in [2.45, 2.75) is 45.4 Å². The predicted molar refractivity (Wildman–Crippen MR) is 64.2 cm³/mol. The lowest BCUT2D eigenvalue weighted by molar-refractivity contribution is 0.567. The topological polar surface area (TPSA) is 72.2 Å². The van der Waals surface area contributed by atoms with E-state index in [4.69, 9.17) is 5.73 Å². The van der Waals surface area contributed by atoms with Crippen molar-refractivity contribution in [3.63, 3.8) is 0 Å². The van der Waals surface area contributed by atoms with E-state index in [1.807, 2.05) is 0 Å². The first-order valence-electron chi connectivity index (χ1n) is 5.80. The maximum atomic E-state index is 11.2. The molecule has 0 aliphatic rings. The molecule has 0 atom stereocenters. The Labute approximate surface area is 93.7 Å². The van der Waals surface area contributed by atoms with E-state index in [-0.39, 0.29) is 12.3 Å². The van der Waals surface area contributed by atoms with Gasteiger partial charge in [-0.3, -0.25) is 0 Å². The normalized spacial score (nSPS) is 11.9. The van der Waals surface area contributed by atoms with Gasteiger partial charge in [-0.15, -0.1) is 0 Å². The Morgan fingerprint density at radius 3 is 2.27 bits per heavy atom. The zero-order chi connectivity index (χ0) is 11.6. The number of sulfonamides is 1. The largest absolute Gasteiger partial charge is 0.329 e. The average Bonchev–Trinajstić information content (AvgIpc) is 2.16. The van der Waals surface area contributed by atoms with Crippen LogP contribution in [0.5, 0.6) is 0 Å². The molecule has 0 aromatic heterocycles. The van der Waals surface area contributed by atoms with Crippen molar-refractivity contribution < 1.29 is 8.42 Å². The molecule has 0 unspecified atom stereocenters. The minimum absolute atomic E-state index is 0.0306. The van der Waals surface area contributed by atoms with E-state index in [0.29, 0.717) is 6.54 Å². The third-order valence-corrected chi connectivity index (χ3v) is 3.66. The highest BCUT2D eigenvalue weighted by Crippen LogP contribution is 2.04. The van der Waals surface area contributed by atoms with Crippen LogP contribution in [-0.4, -0.2) is 27.3 Å². The van der Waals surface area contributed by atoms with Gasteiger partial charge in [-0.25, -0.2) is 13.1 Å². The summed E-state index contributed by atoms with van der Waals surface area (Å²) < 4.78 is 24.9. The van der Waals surface area contributed by atoms with Crippen LogP contribution in [0.1, 0.15) is 45.4 Å². The zero-order valence-electron chi connectivity index (χ0n) is 9.67. The lowest BCUT2D eigenvalue weighted by Crippen LogP contribution is -2.30. The number of rotatable bonds is 10. The Balaban J connectivity index is 3.31. The molecule has 5 heteroatoms. The van der Waals surface area contributed by atoms with Gasteiger partial charge in [-0.05, 0) is 6.42 Å². The number of nitrogens with two attached hydrogens (primary N) is 1. The predicted octanol–water partition coefficient (Wildman–Crippen LogP) is 1.23. The van der Waals surface area contributed by atoms with Gasteiger partial charge in [0, 0.05) is 13.1 Å². The highest BCUT2D eigenvalue weighted by Gasteiger charge is 2.06. The van der Waals surface area contributed by atoms with E-state index in [1.165, 1.54) is 25.7 Å². The minimum Gasteiger partial charge on any atom is -0.329 e. The second-order valence-corrected chi connectivity index (χ2v) is 5.70. The van der Waals surface area contributed by atoms with Gasteiger partial charge in [0.2, 0.25) is 10.0 Å². The van der Waals surface area contributed by atoms with E-state index in [2.05, 4.69) is 11.6 Å². The molecule has 0 amide bonds. The number of nitrogens with one attached hydrogen (secondary N) is 1. The zero-order valence-corrected chi connectivity index (χ0v) is 10.5. The van der Waals surface area contributed by atoms with Gasteiger partial charge in [0.15, 0.2) is 0 Å². The Hall–Kier alpha value is -0.130. The summed E-state index contributed by atoms with van der Waals surface area (Å²) in [6.45, 7) is 2.92. The summed E-state index contributed by atoms with van der Waals surface area (Å²) in [5.41, 5.74) is 5.18. The Kier molecular flexibility index (Phi) is 9.04. The number of hydrogen-bond acceptors (Lipinski definition) is 3. The summed E-state index contributed by atoms with van der Waals surface area (Å²) >= 11 is 0. The van der Waals surface area contributed by atoms with Crippen molar-refractivity contribution >= 4 is 10.0 Å². The summed E-state index contributed by atoms with van der Waals surface area (Å²) in [7, 11) is -3.10. The second-order valence-electron chi connectivity index (χ2n) is 3.77. The monoisotopic (exact) mass is 236 g/mol. The van der Waals surface area contributed by atoms with Crippen molar-refractivity contribution in [3.05, 3.63) is 0 Å². The molecule has 0 fully saturated rings. The van der Waals surface area contributed by atoms with E-state index in [0.717, 1.165) is 12.8 Å². The van der Waals surface area contributed by atoms with E-state index in [9.17, 15) is 8.42 Å². The van der Waals surface area contributed by atoms with Crippen LogP contribution in [0.3, 0.4) is 0 Å². The van der Waals surface area contributed by atoms with Crippen LogP contribution in [-0.2, 0) is 10.0 Å². The molecule has 0 rings (SSSR count). The molecule has 0 saturated carbocycles. The Morgan fingerprint density at radius 2 is 1.67 bits per heavy atom. The second kappa shape index (κ2) is 9.12. The summed E-state index contributed by atoms with van der Waals surface area (Å²) in [5, 5.41) is 0. The Morgan fingerprint density at radius 1 is 1.07 bits per heavy atom. The van der Waals surface area contributed by atoms with E-state index in [1.54, 1.807) is 0 Å². The molecule has 0 spiro atoms. The van der Waals surface area contributed by atoms with Gasteiger partial charge in [-0.1, -0.05) is 39.0 Å². The average molecular weight is 236 g/mol. The van der Waals surface area contributed by atoms with Crippen LogP contribution in [0, 0.1) is 0 Å². The standard InChI is InChI=1S/C10H24N2O2S/c1-2-3-4-5-6-7-9-12-15(13,14)10-8-11/h12H,2-11H2,1H3. The van der Waals surface area contributed by atoms with Crippen molar-refractivity contribution in [1.29, 1.82) is 0 Å². The van der Waals surface area contributed by atoms with Crippen molar-refractivity contribution in [1.82, 2.24) is 4.72 Å². The van der Waals surface area contributed by atoms with Gasteiger partial charge in [-0.2, -0.15) is 0 Å². The van der Waals surface area contributed by atoms with Gasteiger partial charge in [0.25, 0.3) is 0 Å². The highest BCUT2D eigenvalue weighted by atomic mass is 32.2. The number of hydrogen-bond donors (Lipinski definition) is 2. The molecule has 3 N–H and O–H groups in total. The maximum absolute atomic E-state index is 11.2. The summed E-state index contributed by atoms with van der Waals surface area (Å²) in [6.07, 6.45) is 7.00. The van der Waals surface area contributed by atoms with Gasteiger partial charge >= 0.3 is 0 Å². The van der Waals surface area contributed by atoms with Crippen LogP contribution < -0.4 is 10.5 Å². The van der Waals surface area contributed by atoms with Crippen molar-refractivity contribution in [3.8, 4) is 0 Å². The fraction of sp³-hybridized carbons (Fsp3) is 1.00. The molecule has 0 saturated heterocycles. The van der Waals surface area contributed by atoms with Crippen LogP contribution in [0.25, 0.3) is 0 Å². The highest BCUT2D eigenvalue weighted by molar-refractivity contribution is 7.89. The molecular weight excluding hydrogens is 212 g/mol. The molecule has 0 aliphatic carbocycles. The smallest absolute Gasteiger partial charge is 0.212 e. The third kappa shape index (κ3) is 10.2. The van der Waals surface area contributed by atoms with Crippen LogP contribution in [0.2, 0.25) is 0 Å². The minimum atomic E-state index is -3.10. The number of unbranched alkanes of at least 4 members (excludes halogenated alkanes) is 5. The van der Waals surface area contributed by atoms with Crippen LogP contribution in [0.15, 0.2) is 0 Å². The van der Waals surface area contributed by atoms with Gasteiger partial charge < -0.3 is 5.73 Å². The molecule has 92 valence electrons. The molecule has 15 heavy (non-hydrogen) atoms. The fourth-order valence-electron chi connectivity index (χ4n) is 1.36. The SMILES string of the molecule is CCCCCCCCNS(=O)(=O)CCN. The molecule has 4 nitrogen and oxygen atoms in total. The first kappa shape index (κ1) is 14.9. The summed E-state index contributed by atoms with van der Waals surface area (Å²) in [5.74, 6) is 0.0306. The summed E-state index contributed by atoms with van der Waals surface area (Å²) in [6, 6.07) is 0. The lowest BCUT2D eigenvalue weighted by Gasteiger charge is -2.04. The maximum Gasteiger partial charge on any atom is 0.212 e. The van der Waals surface area contributed by atoms with Gasteiger partial charge in [0.05, 0.1) is 5.75 Å². The Bertz CT molecular complexity index is 228. The van der Waals surface area contributed by atoms with Crippen LogP contribution >= 0.6 is 0 Å². The molecule has 0 aliphatic heterocycles. The van der Waals surface area contributed by atoms with E-state index >= 15 is 0 Å². The van der Waals surface area contributed by atoms with Crippen LogP contribution in [0.4, 0.5) is 0 Å². The summed E-state index contributed by atoms with van der Waals surface area (Å²) in [4.78, 5) is 0. The molecular formula is C10H24N2O2S. The van der Waals surface area contributed by atoms with Crippen molar-refractivity contribution in [2.24, 2.45) is 5.73 Å². The molecule has 0 heterocycles. The molecule has 0 radical (unpaired) electrons.